The zero-order valence-electron chi connectivity index (χ0n) is 19.4. The number of anilines is 2. The van der Waals surface area contributed by atoms with Crippen LogP contribution in [0, 0.1) is 24.6 Å². The van der Waals surface area contributed by atoms with Crippen molar-refractivity contribution in [1.29, 1.82) is 0 Å². The Labute approximate surface area is 197 Å². The summed E-state index contributed by atoms with van der Waals surface area (Å²) in [5, 5.41) is 14.0. The number of hydrogen-bond donors (Lipinski definition) is 5. The highest BCUT2D eigenvalue weighted by molar-refractivity contribution is 5.85. The van der Waals surface area contributed by atoms with Crippen molar-refractivity contribution in [2.75, 3.05) is 30.9 Å². The van der Waals surface area contributed by atoms with Crippen LogP contribution in [0.15, 0.2) is 12.2 Å². The molecule has 1 aromatic rings. The van der Waals surface area contributed by atoms with E-state index in [-0.39, 0.29) is 29.9 Å². The largest absolute Gasteiger partial charge is 0.465 e. The second-order valence-corrected chi connectivity index (χ2v) is 8.79. The highest BCUT2D eigenvalue weighted by atomic mass is 19.1. The lowest BCUT2D eigenvalue weighted by Crippen LogP contribution is -2.42. The molecule has 11 nitrogen and oxygen atoms in total. The molecule has 2 atom stereocenters. The van der Waals surface area contributed by atoms with E-state index in [4.69, 9.17) is 5.11 Å². The Kier molecular flexibility index (Phi) is 8.61. The van der Waals surface area contributed by atoms with Crippen LogP contribution in [0.5, 0.6) is 0 Å². The Bertz CT molecular complexity index is 936. The Balaban J connectivity index is 1.68. The van der Waals surface area contributed by atoms with Crippen LogP contribution in [0.3, 0.4) is 0 Å². The number of hydrazine groups is 1. The van der Waals surface area contributed by atoms with Crippen molar-refractivity contribution >= 4 is 29.5 Å². The Morgan fingerprint density at radius 1 is 1.24 bits per heavy atom. The van der Waals surface area contributed by atoms with E-state index in [1.165, 1.54) is 4.90 Å². The van der Waals surface area contributed by atoms with Gasteiger partial charge in [-0.25, -0.2) is 14.8 Å². The molecule has 1 saturated carbocycles. The van der Waals surface area contributed by atoms with E-state index in [2.05, 4.69) is 31.5 Å². The molecule has 5 N–H and O–H groups in total. The molecule has 1 fully saturated rings. The third-order valence-corrected chi connectivity index (χ3v) is 6.13. The monoisotopic (exact) mass is 477 g/mol. The van der Waals surface area contributed by atoms with Crippen LogP contribution in [0.4, 0.5) is 20.8 Å². The van der Waals surface area contributed by atoms with Gasteiger partial charge in [0, 0.05) is 20.1 Å². The molecule has 12 heteroatoms. The molecular weight excluding hydrogens is 445 g/mol. The number of carboxylic acid groups (broad SMARTS) is 1. The van der Waals surface area contributed by atoms with E-state index in [0.717, 1.165) is 25.7 Å². The molecule has 0 saturated heterocycles. The average Bonchev–Trinajstić information content (AvgIpc) is 3.26. The number of carbonyl (C=O) groups is 3. The van der Waals surface area contributed by atoms with Gasteiger partial charge in [0.15, 0.2) is 11.6 Å². The van der Waals surface area contributed by atoms with Gasteiger partial charge in [-0.2, -0.15) is 4.39 Å². The van der Waals surface area contributed by atoms with Gasteiger partial charge in [-0.3, -0.25) is 20.4 Å². The zero-order chi connectivity index (χ0) is 24.7. The van der Waals surface area contributed by atoms with E-state index in [1.54, 1.807) is 14.0 Å². The van der Waals surface area contributed by atoms with Crippen molar-refractivity contribution in [3.05, 3.63) is 23.8 Å². The van der Waals surface area contributed by atoms with Crippen molar-refractivity contribution in [3.63, 3.8) is 0 Å². The van der Waals surface area contributed by atoms with Gasteiger partial charge in [0.2, 0.25) is 17.6 Å². The minimum Gasteiger partial charge on any atom is -0.465 e. The second kappa shape index (κ2) is 11.6. The average molecular weight is 478 g/mol. The number of carbonyl (C=O) groups excluding carboxylic acids is 2. The number of amides is 3. The third-order valence-electron chi connectivity index (χ3n) is 6.13. The smallest absolute Gasteiger partial charge is 0.404 e. The van der Waals surface area contributed by atoms with E-state index in [1.807, 2.05) is 12.2 Å². The van der Waals surface area contributed by atoms with Crippen LogP contribution in [-0.2, 0) is 9.59 Å². The molecule has 3 amide bonds. The minimum absolute atomic E-state index is 0.0394. The number of aromatic nitrogens is 2. The molecule has 0 bridgehead atoms. The molecule has 2 aliphatic rings. The molecule has 3 rings (SSSR count). The summed E-state index contributed by atoms with van der Waals surface area (Å²) in [6.07, 6.45) is 7.62. The van der Waals surface area contributed by atoms with Gasteiger partial charge in [-0.15, -0.1) is 0 Å². The van der Waals surface area contributed by atoms with E-state index in [9.17, 15) is 14.4 Å². The molecule has 0 aromatic carbocycles. The van der Waals surface area contributed by atoms with Crippen molar-refractivity contribution in [2.24, 2.45) is 11.8 Å². The van der Waals surface area contributed by atoms with E-state index in [0.29, 0.717) is 25.3 Å². The Hall–Kier alpha value is -3.44. The number of hydrogen-bond acceptors (Lipinski definition) is 7. The number of nitrogens with zero attached hydrogens (tertiary/aromatic N) is 3. The fourth-order valence-corrected chi connectivity index (χ4v) is 4.31. The quantitative estimate of drug-likeness (QED) is 0.268. The van der Waals surface area contributed by atoms with Crippen LogP contribution in [0.2, 0.25) is 0 Å². The number of halogens is 1. The van der Waals surface area contributed by atoms with Crippen molar-refractivity contribution < 1.29 is 23.9 Å². The summed E-state index contributed by atoms with van der Waals surface area (Å²) >= 11 is 0. The zero-order valence-corrected chi connectivity index (χ0v) is 19.4. The molecule has 0 unspecified atom stereocenters. The van der Waals surface area contributed by atoms with Crippen LogP contribution < -0.4 is 21.5 Å². The van der Waals surface area contributed by atoms with Gasteiger partial charge in [0.05, 0.1) is 5.92 Å². The summed E-state index contributed by atoms with van der Waals surface area (Å²) in [4.78, 5) is 45.8. The summed E-state index contributed by atoms with van der Waals surface area (Å²) in [7, 11) is 1.66. The molecule has 0 spiro atoms. The van der Waals surface area contributed by atoms with Crippen molar-refractivity contribution in [2.45, 2.75) is 51.5 Å². The highest BCUT2D eigenvalue weighted by Crippen LogP contribution is 2.30. The normalized spacial score (nSPS) is 19.4. The first-order valence-electron chi connectivity index (χ1n) is 11.5. The lowest BCUT2D eigenvalue weighted by Gasteiger charge is -2.22. The molecule has 0 radical (unpaired) electrons. The first-order valence-corrected chi connectivity index (χ1v) is 11.5. The number of nitrogens with one attached hydrogen (secondary N) is 4. The lowest BCUT2D eigenvalue weighted by atomic mass is 9.92. The fraction of sp³-hybridized carbons (Fsp3) is 0.591. The molecule has 186 valence electrons. The molecule has 2 heterocycles. The lowest BCUT2D eigenvalue weighted by molar-refractivity contribution is -0.130. The Morgan fingerprint density at radius 3 is 2.65 bits per heavy atom. The van der Waals surface area contributed by atoms with Gasteiger partial charge in [-0.1, -0.05) is 37.8 Å². The molecule has 1 aromatic heterocycles. The third kappa shape index (κ3) is 6.78. The SMILES string of the molecule is Cc1nc(NNC(=O)[C@@H](CNC(=O)O)CC2CCCC2)c(F)c(N[C@H]2CC=CCN(C)C2=O)n1. The number of rotatable bonds is 9. The Morgan fingerprint density at radius 2 is 1.94 bits per heavy atom. The van der Waals surface area contributed by atoms with Crippen LogP contribution >= 0.6 is 0 Å². The van der Waals surface area contributed by atoms with Gasteiger partial charge in [0.1, 0.15) is 11.9 Å². The molecule has 1 aliphatic heterocycles. The van der Waals surface area contributed by atoms with E-state index >= 15 is 4.39 Å². The number of likely N-dealkylation sites (N-methyl/N-ethyl adjacent to an activating group) is 1. The summed E-state index contributed by atoms with van der Waals surface area (Å²) < 4.78 is 15.1. The fourth-order valence-electron chi connectivity index (χ4n) is 4.31. The predicted molar refractivity (Wildman–Crippen MR) is 123 cm³/mol. The first-order chi connectivity index (χ1) is 16.2. The highest BCUT2D eigenvalue weighted by Gasteiger charge is 2.27. The topological polar surface area (TPSA) is 149 Å². The maximum atomic E-state index is 15.1. The van der Waals surface area contributed by atoms with Crippen LogP contribution in [-0.4, -0.2) is 64.1 Å². The van der Waals surface area contributed by atoms with Gasteiger partial charge in [-0.05, 0) is 25.7 Å². The molecule has 34 heavy (non-hydrogen) atoms. The molecular formula is C22H32FN7O4. The maximum Gasteiger partial charge on any atom is 0.404 e. The second-order valence-electron chi connectivity index (χ2n) is 8.79. The van der Waals surface area contributed by atoms with E-state index < -0.39 is 29.8 Å². The predicted octanol–water partition coefficient (Wildman–Crippen LogP) is 2.03. The standard InChI is InChI=1S/C22H32FN7O4/c1-13-25-18(27-16-9-5-6-10-30(2)21(16)32)17(23)19(26-13)28-29-20(31)15(12-24-22(33)34)11-14-7-3-4-8-14/h5-6,14-16,24H,3-4,7-12H2,1-2H3,(H,29,31)(H,33,34)(H2,25,26,27,28)/t15-,16+/m1/s1. The van der Waals surface area contributed by atoms with Gasteiger partial charge in [0.25, 0.3) is 0 Å². The first kappa shape index (κ1) is 25.2. The summed E-state index contributed by atoms with van der Waals surface area (Å²) in [6.45, 7) is 2.00. The number of aryl methyl sites for hydroxylation is 1. The van der Waals surface area contributed by atoms with Gasteiger partial charge < -0.3 is 20.6 Å². The van der Waals surface area contributed by atoms with Crippen LogP contribution in [0.25, 0.3) is 0 Å². The maximum absolute atomic E-state index is 15.1. The van der Waals surface area contributed by atoms with Crippen molar-refractivity contribution in [3.8, 4) is 0 Å². The van der Waals surface area contributed by atoms with Crippen LogP contribution in [0.1, 0.15) is 44.3 Å². The summed E-state index contributed by atoms with van der Waals surface area (Å²) in [6, 6.07) is -0.687. The van der Waals surface area contributed by atoms with Crippen molar-refractivity contribution in [1.82, 2.24) is 25.6 Å². The molecule has 1 aliphatic carbocycles. The summed E-state index contributed by atoms with van der Waals surface area (Å²) in [5.74, 6) is -1.92. The minimum atomic E-state index is -1.21. The van der Waals surface area contributed by atoms with Gasteiger partial charge >= 0.3 is 6.09 Å². The summed E-state index contributed by atoms with van der Waals surface area (Å²) in [5.41, 5.74) is 4.96.